The molecule has 6 nitrogen and oxygen atoms in total. The molecule has 100 valence electrons. The Morgan fingerprint density at radius 1 is 1.30 bits per heavy atom. The standard InChI is InChI=1S/C13H9N3O3S/c17-10-9(12(18)15-7-1-4-14-5-2-7)13(19)16-8-3-6-20-11(8)10/h1-6H,(H,14,15,18)(H2,16,17,19). The van der Waals surface area contributed by atoms with Crippen molar-refractivity contribution >= 4 is 33.1 Å². The molecule has 0 atom stereocenters. The third kappa shape index (κ3) is 2.04. The van der Waals surface area contributed by atoms with E-state index in [1.54, 1.807) is 23.6 Å². The van der Waals surface area contributed by atoms with Gasteiger partial charge in [0.2, 0.25) is 0 Å². The Kier molecular flexibility index (Phi) is 2.96. The first-order valence-electron chi connectivity index (χ1n) is 5.70. The lowest BCUT2D eigenvalue weighted by Gasteiger charge is -2.06. The minimum Gasteiger partial charge on any atom is -0.505 e. The number of H-pyrrole nitrogens is 1. The number of pyridine rings is 2. The van der Waals surface area contributed by atoms with Crippen LogP contribution >= 0.6 is 11.3 Å². The van der Waals surface area contributed by atoms with Gasteiger partial charge in [0, 0.05) is 18.1 Å². The van der Waals surface area contributed by atoms with Crippen molar-refractivity contribution in [2.24, 2.45) is 0 Å². The van der Waals surface area contributed by atoms with Crippen molar-refractivity contribution in [3.63, 3.8) is 0 Å². The van der Waals surface area contributed by atoms with E-state index in [0.29, 0.717) is 15.9 Å². The molecule has 20 heavy (non-hydrogen) atoms. The van der Waals surface area contributed by atoms with E-state index in [9.17, 15) is 14.7 Å². The summed E-state index contributed by atoms with van der Waals surface area (Å²) in [5.41, 5.74) is 0.0877. The van der Waals surface area contributed by atoms with Crippen LogP contribution in [0.25, 0.3) is 10.2 Å². The molecule has 3 rings (SSSR count). The number of hydrogen-bond acceptors (Lipinski definition) is 5. The smallest absolute Gasteiger partial charge is 0.265 e. The number of carbonyl (C=O) groups is 1. The van der Waals surface area contributed by atoms with Crippen molar-refractivity contribution in [1.82, 2.24) is 9.97 Å². The van der Waals surface area contributed by atoms with E-state index in [0.717, 1.165) is 0 Å². The van der Waals surface area contributed by atoms with Crippen LogP contribution in [0.5, 0.6) is 5.75 Å². The number of aromatic hydroxyl groups is 1. The van der Waals surface area contributed by atoms with Gasteiger partial charge in [0.1, 0.15) is 5.56 Å². The van der Waals surface area contributed by atoms with E-state index in [-0.39, 0.29) is 11.3 Å². The molecule has 0 radical (unpaired) electrons. The molecule has 3 N–H and O–H groups in total. The summed E-state index contributed by atoms with van der Waals surface area (Å²) in [6.45, 7) is 0. The Morgan fingerprint density at radius 3 is 2.80 bits per heavy atom. The van der Waals surface area contributed by atoms with Crippen molar-refractivity contribution in [3.05, 3.63) is 51.9 Å². The first-order valence-corrected chi connectivity index (χ1v) is 6.58. The maximum Gasteiger partial charge on any atom is 0.265 e. The van der Waals surface area contributed by atoms with Crippen molar-refractivity contribution in [2.75, 3.05) is 5.32 Å². The van der Waals surface area contributed by atoms with Crippen LogP contribution in [0.2, 0.25) is 0 Å². The number of rotatable bonds is 2. The van der Waals surface area contributed by atoms with Crippen LogP contribution in [-0.2, 0) is 0 Å². The number of amides is 1. The fraction of sp³-hybridized carbons (Fsp3) is 0. The molecule has 0 fully saturated rings. The highest BCUT2D eigenvalue weighted by Crippen LogP contribution is 2.29. The minimum atomic E-state index is -0.662. The lowest BCUT2D eigenvalue weighted by molar-refractivity contribution is 0.102. The Labute approximate surface area is 116 Å². The summed E-state index contributed by atoms with van der Waals surface area (Å²) in [7, 11) is 0. The highest BCUT2D eigenvalue weighted by molar-refractivity contribution is 7.17. The maximum atomic E-state index is 12.1. The van der Waals surface area contributed by atoms with Gasteiger partial charge in [-0.3, -0.25) is 14.6 Å². The van der Waals surface area contributed by atoms with E-state index in [2.05, 4.69) is 15.3 Å². The molecule has 0 saturated heterocycles. The normalized spacial score (nSPS) is 10.6. The third-order valence-electron chi connectivity index (χ3n) is 2.76. The Balaban J connectivity index is 2.05. The zero-order valence-electron chi connectivity index (χ0n) is 10.1. The molecule has 3 aromatic rings. The summed E-state index contributed by atoms with van der Waals surface area (Å²) in [6, 6.07) is 4.85. The largest absolute Gasteiger partial charge is 0.505 e. The third-order valence-corrected chi connectivity index (χ3v) is 3.68. The first-order chi connectivity index (χ1) is 9.66. The topological polar surface area (TPSA) is 95.1 Å². The number of nitrogens with zero attached hydrogens (tertiary/aromatic N) is 1. The van der Waals surface area contributed by atoms with Crippen LogP contribution in [0.15, 0.2) is 40.8 Å². The number of nitrogens with one attached hydrogen (secondary N) is 2. The van der Waals surface area contributed by atoms with Gasteiger partial charge in [0.25, 0.3) is 11.5 Å². The van der Waals surface area contributed by atoms with E-state index in [4.69, 9.17) is 0 Å². The molecule has 0 bridgehead atoms. The maximum absolute atomic E-state index is 12.1. The number of carbonyl (C=O) groups excluding carboxylic acids is 1. The predicted molar refractivity (Wildman–Crippen MR) is 76.3 cm³/mol. The molecule has 0 unspecified atom stereocenters. The molecule has 7 heteroatoms. The highest BCUT2D eigenvalue weighted by atomic mass is 32.1. The predicted octanol–water partition coefficient (Wildman–Crippen LogP) is 1.94. The molecular weight excluding hydrogens is 278 g/mol. The monoisotopic (exact) mass is 287 g/mol. The first kappa shape index (κ1) is 12.4. The van der Waals surface area contributed by atoms with Crippen molar-refractivity contribution in [1.29, 1.82) is 0 Å². The molecule has 0 saturated carbocycles. The number of fused-ring (bicyclic) bond motifs is 1. The molecular formula is C13H9N3O3S. The number of aromatic amines is 1. The van der Waals surface area contributed by atoms with E-state index in [1.165, 1.54) is 23.7 Å². The van der Waals surface area contributed by atoms with Gasteiger partial charge in [-0.15, -0.1) is 11.3 Å². The SMILES string of the molecule is O=C(Nc1ccncc1)c1c(O)c2sccc2[nH]c1=O. The lowest BCUT2D eigenvalue weighted by Crippen LogP contribution is -2.23. The summed E-state index contributed by atoms with van der Waals surface area (Å²) in [4.78, 5) is 30.4. The van der Waals surface area contributed by atoms with Gasteiger partial charge in [-0.1, -0.05) is 0 Å². The molecule has 3 aromatic heterocycles. The van der Waals surface area contributed by atoms with Crippen LogP contribution in [0.1, 0.15) is 10.4 Å². The Bertz CT molecular complexity index is 839. The van der Waals surface area contributed by atoms with E-state index < -0.39 is 11.5 Å². The van der Waals surface area contributed by atoms with E-state index >= 15 is 0 Å². The number of anilines is 1. The van der Waals surface area contributed by atoms with Crippen LogP contribution in [0.3, 0.4) is 0 Å². The molecule has 3 heterocycles. The molecule has 0 aliphatic carbocycles. The van der Waals surface area contributed by atoms with E-state index in [1.807, 2.05) is 0 Å². The summed E-state index contributed by atoms with van der Waals surface area (Å²) < 4.78 is 0.476. The van der Waals surface area contributed by atoms with Gasteiger partial charge >= 0.3 is 0 Å². The van der Waals surface area contributed by atoms with Crippen LogP contribution in [0.4, 0.5) is 5.69 Å². The Hall–Kier alpha value is -2.67. The zero-order chi connectivity index (χ0) is 14.1. The second kappa shape index (κ2) is 4.78. The molecule has 0 aromatic carbocycles. The molecule has 0 spiro atoms. The van der Waals surface area contributed by atoms with Gasteiger partial charge in [-0.2, -0.15) is 0 Å². The van der Waals surface area contributed by atoms with Gasteiger partial charge in [-0.25, -0.2) is 0 Å². The van der Waals surface area contributed by atoms with Gasteiger partial charge in [0.15, 0.2) is 5.75 Å². The van der Waals surface area contributed by atoms with Crippen LogP contribution in [-0.4, -0.2) is 21.0 Å². The van der Waals surface area contributed by atoms with Crippen molar-refractivity contribution in [2.45, 2.75) is 0 Å². The second-order valence-corrected chi connectivity index (χ2v) is 4.95. The Morgan fingerprint density at radius 2 is 2.05 bits per heavy atom. The fourth-order valence-corrected chi connectivity index (χ4v) is 2.64. The minimum absolute atomic E-state index is 0.295. The second-order valence-electron chi connectivity index (χ2n) is 4.03. The number of hydrogen-bond donors (Lipinski definition) is 3. The average molecular weight is 287 g/mol. The number of thiophene rings is 1. The quantitative estimate of drug-likeness (QED) is 0.671. The highest BCUT2D eigenvalue weighted by Gasteiger charge is 2.19. The van der Waals surface area contributed by atoms with Crippen molar-refractivity contribution in [3.8, 4) is 5.75 Å². The fourth-order valence-electron chi connectivity index (χ4n) is 1.84. The van der Waals surface area contributed by atoms with Crippen LogP contribution < -0.4 is 10.9 Å². The molecule has 0 aliphatic heterocycles. The van der Waals surface area contributed by atoms with Crippen molar-refractivity contribution < 1.29 is 9.90 Å². The summed E-state index contributed by atoms with van der Waals surface area (Å²) in [6.07, 6.45) is 3.03. The lowest BCUT2D eigenvalue weighted by atomic mass is 10.2. The average Bonchev–Trinajstić information content (AvgIpc) is 2.88. The van der Waals surface area contributed by atoms with Gasteiger partial charge in [0.05, 0.1) is 10.2 Å². The molecule has 1 amide bonds. The van der Waals surface area contributed by atoms with Gasteiger partial charge < -0.3 is 15.4 Å². The summed E-state index contributed by atoms with van der Waals surface area (Å²) >= 11 is 1.25. The van der Waals surface area contributed by atoms with Gasteiger partial charge in [-0.05, 0) is 23.6 Å². The number of aromatic nitrogens is 2. The molecule has 0 aliphatic rings. The zero-order valence-corrected chi connectivity index (χ0v) is 10.9. The summed E-state index contributed by atoms with van der Waals surface area (Å²) in [5.74, 6) is -0.962. The van der Waals surface area contributed by atoms with Crippen LogP contribution in [0, 0.1) is 0 Å². The summed E-state index contributed by atoms with van der Waals surface area (Å²) in [5, 5.41) is 14.4.